The fourth-order valence-electron chi connectivity index (χ4n) is 2.32. The lowest BCUT2D eigenvalue weighted by Crippen LogP contribution is -2.41. The molecule has 2 aromatic carbocycles. The highest BCUT2D eigenvalue weighted by atomic mass is 32.2. The van der Waals surface area contributed by atoms with Gasteiger partial charge in [-0.25, -0.2) is 4.79 Å². The monoisotopic (exact) mass is 428 g/mol. The number of nitrogen functional groups attached to an aromatic ring is 1. The van der Waals surface area contributed by atoms with Crippen LogP contribution in [-0.4, -0.2) is 30.2 Å². The van der Waals surface area contributed by atoms with Gasteiger partial charge in [0.1, 0.15) is 6.61 Å². The number of para-hydroxylation sites is 1. The van der Waals surface area contributed by atoms with Crippen molar-refractivity contribution in [2.45, 2.75) is 17.1 Å². The minimum absolute atomic E-state index is 0.137. The van der Waals surface area contributed by atoms with Gasteiger partial charge in [0.25, 0.3) is 0 Å². The molecule has 0 fully saturated rings. The van der Waals surface area contributed by atoms with Gasteiger partial charge in [0.2, 0.25) is 5.91 Å². The molecule has 3 amide bonds. The third-order valence-corrected chi connectivity index (χ3v) is 4.62. The van der Waals surface area contributed by atoms with Gasteiger partial charge >= 0.3 is 12.2 Å². The van der Waals surface area contributed by atoms with Crippen LogP contribution in [0.15, 0.2) is 53.4 Å². The Morgan fingerprint density at radius 3 is 2.52 bits per heavy atom. The summed E-state index contributed by atoms with van der Waals surface area (Å²) in [6.45, 7) is -1.00. The molecule has 0 aromatic heterocycles. The number of amides is 3. The molecular weight excluding hydrogens is 409 g/mol. The Kier molecular flexibility index (Phi) is 7.74. The highest BCUT2D eigenvalue weighted by molar-refractivity contribution is 7.98. The van der Waals surface area contributed by atoms with Crippen molar-refractivity contribution in [2.24, 2.45) is 0 Å². The van der Waals surface area contributed by atoms with Crippen molar-refractivity contribution in [3.05, 3.63) is 59.7 Å². The molecule has 11 heteroatoms. The van der Waals surface area contributed by atoms with E-state index in [0.29, 0.717) is 10.6 Å². The number of aliphatic hydroxyl groups is 1. The number of hydrogen-bond donors (Lipinski definition) is 5. The quantitative estimate of drug-likeness (QED) is 0.343. The summed E-state index contributed by atoms with van der Waals surface area (Å²) in [5.74, 6) is -0.726. The molecule has 0 spiro atoms. The predicted octanol–water partition coefficient (Wildman–Crippen LogP) is 2.44. The summed E-state index contributed by atoms with van der Waals surface area (Å²) in [6.07, 6.45) is -4.56. The number of hydrogen-bond acceptors (Lipinski definition) is 5. The zero-order chi connectivity index (χ0) is 21.4. The number of alkyl halides is 3. The fraction of sp³-hybridized carbons (Fsp3) is 0.222. The molecule has 0 saturated carbocycles. The van der Waals surface area contributed by atoms with Crippen LogP contribution in [-0.2, 0) is 11.0 Å². The van der Waals surface area contributed by atoms with E-state index in [1.54, 1.807) is 24.3 Å². The van der Waals surface area contributed by atoms with E-state index in [-0.39, 0.29) is 12.1 Å². The maximum Gasteiger partial charge on any atom is 0.416 e. The number of carbonyl (C=O) groups is 2. The maximum absolute atomic E-state index is 13.0. The molecule has 0 aliphatic carbocycles. The number of halogens is 3. The third kappa shape index (κ3) is 6.88. The first-order valence-electron chi connectivity index (χ1n) is 8.33. The average Bonchev–Trinajstić information content (AvgIpc) is 2.69. The molecule has 29 heavy (non-hydrogen) atoms. The first-order chi connectivity index (χ1) is 13.7. The summed E-state index contributed by atoms with van der Waals surface area (Å²) in [4.78, 5) is 24.1. The summed E-state index contributed by atoms with van der Waals surface area (Å²) in [7, 11) is 0. The van der Waals surface area contributed by atoms with Gasteiger partial charge in [0.15, 0.2) is 0 Å². The molecule has 0 bridgehead atoms. The Balaban J connectivity index is 2.12. The molecule has 2 aromatic rings. The third-order valence-electron chi connectivity index (χ3n) is 3.74. The Bertz CT molecular complexity index is 864. The van der Waals surface area contributed by atoms with E-state index in [9.17, 15) is 22.8 Å². The second-order valence-corrected chi connectivity index (χ2v) is 6.70. The van der Waals surface area contributed by atoms with Crippen LogP contribution < -0.4 is 21.1 Å². The molecule has 0 saturated heterocycles. The maximum atomic E-state index is 13.0. The summed E-state index contributed by atoms with van der Waals surface area (Å²) in [5.41, 5.74) is 5.48. The summed E-state index contributed by atoms with van der Waals surface area (Å²) in [5, 5.41) is 13.7. The zero-order valence-corrected chi connectivity index (χ0v) is 15.8. The Hall–Kier alpha value is -2.92. The number of benzene rings is 2. The molecule has 6 N–H and O–H groups in total. The van der Waals surface area contributed by atoms with Crippen molar-refractivity contribution < 1.29 is 27.9 Å². The van der Waals surface area contributed by atoms with Crippen LogP contribution in [0.2, 0.25) is 0 Å². The van der Waals surface area contributed by atoms with Gasteiger partial charge < -0.3 is 21.5 Å². The molecule has 0 unspecified atom stereocenters. The molecule has 0 heterocycles. The molecule has 1 atom stereocenters. The SMILES string of the molecule is Nc1ccccc1SNC(=O)N[C@@H](CNC(=O)CO)c1cccc(C(F)(F)F)c1. The van der Waals surface area contributed by atoms with E-state index < -0.39 is 36.3 Å². The van der Waals surface area contributed by atoms with Crippen molar-refractivity contribution in [3.63, 3.8) is 0 Å². The van der Waals surface area contributed by atoms with Crippen LogP contribution in [0.25, 0.3) is 0 Å². The van der Waals surface area contributed by atoms with Gasteiger partial charge in [0, 0.05) is 12.2 Å². The number of aliphatic hydroxyl groups excluding tert-OH is 1. The number of urea groups is 1. The second kappa shape index (κ2) is 10.0. The lowest BCUT2D eigenvalue weighted by Gasteiger charge is -2.21. The first-order valence-corrected chi connectivity index (χ1v) is 9.15. The Morgan fingerprint density at radius 2 is 1.86 bits per heavy atom. The normalized spacial score (nSPS) is 12.1. The minimum Gasteiger partial charge on any atom is -0.398 e. The van der Waals surface area contributed by atoms with Gasteiger partial charge in [-0.1, -0.05) is 24.3 Å². The number of nitrogens with one attached hydrogen (secondary N) is 3. The van der Waals surface area contributed by atoms with Gasteiger partial charge in [0.05, 0.1) is 16.5 Å². The summed E-state index contributed by atoms with van der Waals surface area (Å²) >= 11 is 0.934. The molecule has 2 rings (SSSR count). The molecule has 7 nitrogen and oxygen atoms in total. The number of anilines is 1. The molecular formula is C18H19F3N4O3S. The number of carbonyl (C=O) groups excluding carboxylic acids is 2. The molecule has 156 valence electrons. The largest absolute Gasteiger partial charge is 0.416 e. The molecule has 0 radical (unpaired) electrons. The first kappa shape index (κ1) is 22.4. The van der Waals surface area contributed by atoms with Crippen molar-refractivity contribution in [3.8, 4) is 0 Å². The lowest BCUT2D eigenvalue weighted by molar-refractivity contribution is -0.137. The van der Waals surface area contributed by atoms with Gasteiger partial charge in [-0.3, -0.25) is 9.52 Å². The lowest BCUT2D eigenvalue weighted by atomic mass is 10.0. The molecule has 0 aliphatic heterocycles. The van der Waals surface area contributed by atoms with Crippen LogP contribution in [0.3, 0.4) is 0 Å². The highest BCUT2D eigenvalue weighted by Crippen LogP contribution is 2.30. The van der Waals surface area contributed by atoms with Gasteiger partial charge in [-0.2, -0.15) is 13.2 Å². The standard InChI is InChI=1S/C18H19F3N4O3S/c19-18(20,21)12-5-3-4-11(8-12)14(9-23-16(27)10-26)24-17(28)25-29-15-7-2-1-6-13(15)22/h1-8,14,26H,9-10,22H2,(H,23,27)(H2,24,25,28)/t14-/m0/s1. The summed E-state index contributed by atoms with van der Waals surface area (Å²) < 4.78 is 41.5. The highest BCUT2D eigenvalue weighted by Gasteiger charge is 2.31. The van der Waals surface area contributed by atoms with Crippen LogP contribution in [0.4, 0.5) is 23.7 Å². The number of rotatable bonds is 7. The van der Waals surface area contributed by atoms with E-state index >= 15 is 0 Å². The summed E-state index contributed by atoms with van der Waals surface area (Å²) in [6, 6.07) is 9.52. The van der Waals surface area contributed by atoms with Crippen LogP contribution >= 0.6 is 11.9 Å². The van der Waals surface area contributed by atoms with E-state index in [1.807, 2.05) is 0 Å². The van der Waals surface area contributed by atoms with E-state index in [1.165, 1.54) is 12.1 Å². The van der Waals surface area contributed by atoms with Crippen molar-refractivity contribution in [1.29, 1.82) is 0 Å². The second-order valence-electron chi connectivity index (χ2n) is 5.85. The Labute approximate surface area is 169 Å². The fourth-order valence-corrected chi connectivity index (χ4v) is 2.91. The van der Waals surface area contributed by atoms with Crippen LogP contribution in [0.5, 0.6) is 0 Å². The minimum atomic E-state index is -4.56. The van der Waals surface area contributed by atoms with Crippen molar-refractivity contribution in [2.75, 3.05) is 18.9 Å². The molecule has 0 aliphatic rings. The van der Waals surface area contributed by atoms with Crippen molar-refractivity contribution in [1.82, 2.24) is 15.4 Å². The smallest absolute Gasteiger partial charge is 0.398 e. The Morgan fingerprint density at radius 1 is 1.14 bits per heavy atom. The topological polar surface area (TPSA) is 116 Å². The zero-order valence-electron chi connectivity index (χ0n) is 15.0. The van der Waals surface area contributed by atoms with E-state index in [4.69, 9.17) is 10.8 Å². The average molecular weight is 428 g/mol. The van der Waals surface area contributed by atoms with E-state index in [2.05, 4.69) is 15.4 Å². The van der Waals surface area contributed by atoms with E-state index in [0.717, 1.165) is 24.1 Å². The van der Waals surface area contributed by atoms with Gasteiger partial charge in [-0.15, -0.1) is 0 Å². The van der Waals surface area contributed by atoms with Crippen molar-refractivity contribution >= 4 is 29.6 Å². The number of nitrogens with two attached hydrogens (primary N) is 1. The van der Waals surface area contributed by atoms with Gasteiger partial charge in [-0.05, 0) is 41.8 Å². The van der Waals surface area contributed by atoms with Crippen LogP contribution in [0.1, 0.15) is 17.2 Å². The predicted molar refractivity (Wildman–Crippen MR) is 103 cm³/mol. The van der Waals surface area contributed by atoms with Crippen LogP contribution in [0, 0.1) is 0 Å².